The molecule has 162 valence electrons. The number of unbranched alkanes of at least 4 members (excludes halogenated alkanes) is 13. The number of nitrogens with two attached hydrogens (primary N) is 1. The molecule has 0 radical (unpaired) electrons. The van der Waals surface area contributed by atoms with E-state index in [4.69, 9.17) is 5.73 Å². The van der Waals surface area contributed by atoms with E-state index in [1.54, 1.807) is 0 Å². The van der Waals surface area contributed by atoms with Crippen LogP contribution in [0.3, 0.4) is 0 Å². The maximum absolute atomic E-state index is 12.2. The predicted octanol–water partition coefficient (Wildman–Crippen LogP) is 7.97. The summed E-state index contributed by atoms with van der Waals surface area (Å²) in [5.74, 6) is 1.18. The van der Waals surface area contributed by atoms with Crippen molar-refractivity contribution in [2.75, 3.05) is 6.54 Å². The van der Waals surface area contributed by atoms with Crippen molar-refractivity contribution in [3.63, 3.8) is 0 Å². The minimum absolute atomic E-state index is 0.520. The predicted molar refractivity (Wildman–Crippen MR) is 121 cm³/mol. The van der Waals surface area contributed by atoms with Gasteiger partial charge in [-0.3, -0.25) is 4.79 Å². The number of hydrogen-bond donors (Lipinski definition) is 1. The normalized spacial score (nSPS) is 12.4. The third-order valence-corrected chi connectivity index (χ3v) is 5.86. The molecule has 0 fully saturated rings. The van der Waals surface area contributed by atoms with E-state index in [1.807, 2.05) is 0 Å². The number of hydrogen-bond acceptors (Lipinski definition) is 2. The third kappa shape index (κ3) is 20.2. The van der Waals surface area contributed by atoms with Crippen molar-refractivity contribution in [1.29, 1.82) is 0 Å². The molecule has 1 unspecified atom stereocenters. The Morgan fingerprint density at radius 3 is 1.56 bits per heavy atom. The summed E-state index contributed by atoms with van der Waals surface area (Å²) in [5.41, 5.74) is 5.53. The molecule has 0 aliphatic carbocycles. The van der Waals surface area contributed by atoms with E-state index in [9.17, 15) is 4.79 Å². The molecule has 0 rings (SSSR count). The van der Waals surface area contributed by atoms with E-state index < -0.39 is 0 Å². The van der Waals surface area contributed by atoms with Crippen LogP contribution in [0.1, 0.15) is 142 Å². The van der Waals surface area contributed by atoms with Gasteiger partial charge in [-0.25, -0.2) is 0 Å². The van der Waals surface area contributed by atoms with E-state index in [0.717, 1.165) is 32.2 Å². The Labute approximate surface area is 171 Å². The summed E-state index contributed by atoms with van der Waals surface area (Å²) >= 11 is 0. The number of ketones is 1. The molecule has 27 heavy (non-hydrogen) atoms. The Hall–Kier alpha value is -0.370. The van der Waals surface area contributed by atoms with Gasteiger partial charge in [0.05, 0.1) is 0 Å². The molecule has 0 spiro atoms. The summed E-state index contributed by atoms with van der Waals surface area (Å²) in [5, 5.41) is 0. The van der Waals surface area contributed by atoms with Crippen LogP contribution in [0, 0.1) is 5.92 Å². The fourth-order valence-corrected chi connectivity index (χ4v) is 4.00. The third-order valence-electron chi connectivity index (χ3n) is 5.86. The van der Waals surface area contributed by atoms with Gasteiger partial charge in [-0.2, -0.15) is 0 Å². The largest absolute Gasteiger partial charge is 0.330 e. The fraction of sp³-hybridized carbons (Fsp3) is 0.960. The Morgan fingerprint density at radius 2 is 1.07 bits per heavy atom. The van der Waals surface area contributed by atoms with Gasteiger partial charge in [0.2, 0.25) is 0 Å². The standard InChI is InChI=1S/C25H51NO/c1-3-5-7-16-19-24(23-25(27)21-6-4-2)20-17-14-12-10-8-9-11-13-15-18-22-26/h24H,3-23,26H2,1-2H3. The Bertz CT molecular complexity index is 303. The summed E-state index contributed by atoms with van der Waals surface area (Å²) in [7, 11) is 0. The van der Waals surface area contributed by atoms with Crippen molar-refractivity contribution in [2.45, 2.75) is 142 Å². The van der Waals surface area contributed by atoms with Crippen molar-refractivity contribution >= 4 is 5.78 Å². The van der Waals surface area contributed by atoms with Crippen LogP contribution in [-0.4, -0.2) is 12.3 Å². The molecule has 0 saturated carbocycles. The van der Waals surface area contributed by atoms with E-state index in [-0.39, 0.29) is 0 Å². The van der Waals surface area contributed by atoms with E-state index in [1.165, 1.54) is 103 Å². The van der Waals surface area contributed by atoms with E-state index >= 15 is 0 Å². The Balaban J connectivity index is 3.75. The second-order valence-electron chi connectivity index (χ2n) is 8.67. The SMILES string of the molecule is CCCCCCC(CCCCCCCCCCCCN)CC(=O)CCCC. The van der Waals surface area contributed by atoms with Crippen LogP contribution in [-0.2, 0) is 4.79 Å². The highest BCUT2D eigenvalue weighted by molar-refractivity contribution is 5.78. The van der Waals surface area contributed by atoms with Crippen molar-refractivity contribution in [1.82, 2.24) is 0 Å². The van der Waals surface area contributed by atoms with Gasteiger partial charge < -0.3 is 5.73 Å². The molecule has 2 N–H and O–H groups in total. The average Bonchev–Trinajstić information content (AvgIpc) is 2.67. The average molecular weight is 382 g/mol. The highest BCUT2D eigenvalue weighted by atomic mass is 16.1. The molecule has 2 nitrogen and oxygen atoms in total. The quantitative estimate of drug-likeness (QED) is 0.193. The summed E-state index contributed by atoms with van der Waals surface area (Å²) in [4.78, 5) is 12.2. The van der Waals surface area contributed by atoms with Gasteiger partial charge in [0.15, 0.2) is 0 Å². The molecule has 0 aromatic heterocycles. The molecular weight excluding hydrogens is 330 g/mol. The van der Waals surface area contributed by atoms with Crippen molar-refractivity contribution in [2.24, 2.45) is 11.7 Å². The number of rotatable bonds is 22. The highest BCUT2D eigenvalue weighted by Crippen LogP contribution is 2.23. The van der Waals surface area contributed by atoms with Gasteiger partial charge in [0.1, 0.15) is 5.78 Å². The highest BCUT2D eigenvalue weighted by Gasteiger charge is 2.13. The summed E-state index contributed by atoms with van der Waals surface area (Å²) in [6, 6.07) is 0. The minimum Gasteiger partial charge on any atom is -0.330 e. The number of carbonyl (C=O) groups is 1. The second-order valence-corrected chi connectivity index (χ2v) is 8.67. The van der Waals surface area contributed by atoms with E-state index in [0.29, 0.717) is 11.7 Å². The number of carbonyl (C=O) groups excluding carboxylic acids is 1. The summed E-state index contributed by atoms with van der Waals surface area (Å²) < 4.78 is 0. The minimum atomic E-state index is 0.520. The molecule has 0 aromatic rings. The van der Waals surface area contributed by atoms with Gasteiger partial charge in [-0.1, -0.05) is 117 Å². The molecule has 0 heterocycles. The first-order chi connectivity index (χ1) is 13.2. The first-order valence-corrected chi connectivity index (χ1v) is 12.5. The van der Waals surface area contributed by atoms with Gasteiger partial charge in [0, 0.05) is 12.8 Å². The van der Waals surface area contributed by atoms with Crippen LogP contribution in [0.25, 0.3) is 0 Å². The lowest BCUT2D eigenvalue weighted by molar-refractivity contribution is -0.120. The van der Waals surface area contributed by atoms with Crippen LogP contribution in [0.2, 0.25) is 0 Å². The molecule has 0 amide bonds. The van der Waals surface area contributed by atoms with Crippen molar-refractivity contribution < 1.29 is 4.79 Å². The molecule has 1 atom stereocenters. The topological polar surface area (TPSA) is 43.1 Å². The van der Waals surface area contributed by atoms with Crippen LogP contribution >= 0.6 is 0 Å². The van der Waals surface area contributed by atoms with Crippen LogP contribution < -0.4 is 5.73 Å². The smallest absolute Gasteiger partial charge is 0.133 e. The molecule has 0 aliphatic rings. The zero-order valence-electron chi connectivity index (χ0n) is 18.9. The first-order valence-electron chi connectivity index (χ1n) is 12.5. The molecule has 2 heteroatoms. The molecule has 0 saturated heterocycles. The van der Waals surface area contributed by atoms with Crippen molar-refractivity contribution in [3.8, 4) is 0 Å². The van der Waals surface area contributed by atoms with Gasteiger partial charge in [0.25, 0.3) is 0 Å². The second kappa shape index (κ2) is 21.9. The zero-order valence-corrected chi connectivity index (χ0v) is 18.9. The lowest BCUT2D eigenvalue weighted by atomic mass is 9.89. The Kier molecular flexibility index (Phi) is 21.6. The molecular formula is C25H51NO. The van der Waals surface area contributed by atoms with Crippen molar-refractivity contribution in [3.05, 3.63) is 0 Å². The molecule has 0 bridgehead atoms. The number of Topliss-reactive ketones (excluding diaryl/α,β-unsaturated/α-hetero) is 1. The summed E-state index contributed by atoms with van der Waals surface area (Å²) in [6.45, 7) is 5.30. The lowest BCUT2D eigenvalue weighted by Crippen LogP contribution is -2.09. The lowest BCUT2D eigenvalue weighted by Gasteiger charge is -2.16. The van der Waals surface area contributed by atoms with Crippen LogP contribution in [0.5, 0.6) is 0 Å². The van der Waals surface area contributed by atoms with E-state index in [2.05, 4.69) is 13.8 Å². The summed E-state index contributed by atoms with van der Waals surface area (Å²) in [6.07, 6.45) is 25.3. The van der Waals surface area contributed by atoms with Gasteiger partial charge >= 0.3 is 0 Å². The van der Waals surface area contributed by atoms with Gasteiger partial charge in [-0.15, -0.1) is 0 Å². The molecule has 0 aliphatic heterocycles. The molecule has 0 aromatic carbocycles. The Morgan fingerprint density at radius 1 is 0.630 bits per heavy atom. The fourth-order valence-electron chi connectivity index (χ4n) is 4.00. The zero-order chi connectivity index (χ0) is 20.0. The van der Waals surface area contributed by atoms with Gasteiger partial charge in [-0.05, 0) is 25.3 Å². The monoisotopic (exact) mass is 381 g/mol. The van der Waals surface area contributed by atoms with Crippen LogP contribution in [0.4, 0.5) is 0 Å². The maximum Gasteiger partial charge on any atom is 0.133 e. The maximum atomic E-state index is 12.2. The first kappa shape index (κ1) is 26.6. The van der Waals surface area contributed by atoms with Crippen LogP contribution in [0.15, 0.2) is 0 Å².